The molecule has 0 unspecified atom stereocenters. The van der Waals surface area contributed by atoms with Gasteiger partial charge in [-0.3, -0.25) is 14.2 Å². The first-order valence-electron chi connectivity index (χ1n) is 7.18. The molecule has 0 radical (unpaired) electrons. The minimum atomic E-state index is -0.155. The Morgan fingerprint density at radius 1 is 1.18 bits per heavy atom. The maximum absolute atomic E-state index is 12.6. The molecule has 1 amide bonds. The van der Waals surface area contributed by atoms with Gasteiger partial charge in [0.25, 0.3) is 11.5 Å². The second-order valence-corrected chi connectivity index (χ2v) is 6.04. The van der Waals surface area contributed by atoms with Gasteiger partial charge in [-0.1, -0.05) is 0 Å². The van der Waals surface area contributed by atoms with Crippen LogP contribution in [0.1, 0.15) is 10.4 Å². The number of hydrogen-bond acceptors (Lipinski definition) is 4. The van der Waals surface area contributed by atoms with Crippen molar-refractivity contribution in [2.24, 2.45) is 7.05 Å². The van der Waals surface area contributed by atoms with E-state index in [1.54, 1.807) is 25.2 Å². The van der Waals surface area contributed by atoms with E-state index in [4.69, 9.17) is 12.2 Å². The Bertz CT molecular complexity index is 847. The van der Waals surface area contributed by atoms with Crippen molar-refractivity contribution in [3.63, 3.8) is 0 Å². The van der Waals surface area contributed by atoms with Gasteiger partial charge < -0.3 is 14.8 Å². The molecule has 22 heavy (non-hydrogen) atoms. The maximum atomic E-state index is 12.6. The third kappa shape index (κ3) is 2.57. The molecule has 2 aromatic rings. The smallest absolute Gasteiger partial charge is 0.261 e. The highest BCUT2D eigenvalue weighted by Gasteiger charge is 2.20. The monoisotopic (exact) mass is 318 g/mol. The third-order valence-electron chi connectivity index (χ3n) is 4.14. The van der Waals surface area contributed by atoms with E-state index in [1.807, 2.05) is 11.9 Å². The summed E-state index contributed by atoms with van der Waals surface area (Å²) in [4.78, 5) is 31.8. The molecule has 1 aromatic carbocycles. The van der Waals surface area contributed by atoms with Crippen molar-refractivity contribution in [2.45, 2.75) is 0 Å². The molecule has 0 bridgehead atoms. The van der Waals surface area contributed by atoms with Gasteiger partial charge in [0.1, 0.15) is 0 Å². The zero-order valence-electron chi connectivity index (χ0n) is 12.6. The lowest BCUT2D eigenvalue weighted by molar-refractivity contribution is 0.0664. The average Bonchev–Trinajstić information content (AvgIpc) is 2.52. The topological polar surface area (TPSA) is 61.3 Å². The first-order valence-corrected chi connectivity index (χ1v) is 7.59. The molecule has 3 rings (SSSR count). The van der Waals surface area contributed by atoms with Gasteiger partial charge in [0.05, 0.1) is 10.9 Å². The molecule has 1 aliphatic rings. The van der Waals surface area contributed by atoms with Crippen molar-refractivity contribution in [3.8, 4) is 0 Å². The van der Waals surface area contributed by atoms with Crippen LogP contribution >= 0.6 is 12.2 Å². The van der Waals surface area contributed by atoms with Gasteiger partial charge in [0.2, 0.25) is 0 Å². The molecule has 1 N–H and O–H groups in total. The number of likely N-dealkylation sites (N-methyl/N-ethyl adjacent to an activating group) is 1. The Labute approximate surface area is 133 Å². The van der Waals surface area contributed by atoms with Gasteiger partial charge in [-0.15, -0.1) is 0 Å². The maximum Gasteiger partial charge on any atom is 0.261 e. The Hall–Kier alpha value is -1.99. The van der Waals surface area contributed by atoms with Gasteiger partial charge in [0.15, 0.2) is 4.77 Å². The SMILES string of the molecule is CN1CCN(C(=O)c2ccc3c(=O)n(C)c(=S)[nH]c3c2)CC1. The average molecular weight is 318 g/mol. The number of aromatic nitrogens is 2. The van der Waals surface area contributed by atoms with E-state index in [0.717, 1.165) is 26.2 Å². The molecular formula is C15H18N4O2S. The molecule has 1 saturated heterocycles. The van der Waals surface area contributed by atoms with Crippen LogP contribution in [0.5, 0.6) is 0 Å². The largest absolute Gasteiger partial charge is 0.336 e. The molecule has 0 saturated carbocycles. The third-order valence-corrected chi connectivity index (χ3v) is 4.51. The van der Waals surface area contributed by atoms with Crippen molar-refractivity contribution in [1.82, 2.24) is 19.4 Å². The number of nitrogens with zero attached hydrogens (tertiary/aromatic N) is 3. The highest BCUT2D eigenvalue weighted by Crippen LogP contribution is 2.13. The number of carbonyl (C=O) groups excluding carboxylic acids is 1. The number of rotatable bonds is 1. The molecule has 7 heteroatoms. The molecule has 1 fully saturated rings. The molecule has 2 heterocycles. The first-order chi connectivity index (χ1) is 10.5. The van der Waals surface area contributed by atoms with Crippen LogP contribution in [-0.2, 0) is 7.05 Å². The van der Waals surface area contributed by atoms with Gasteiger partial charge in [0, 0.05) is 38.8 Å². The summed E-state index contributed by atoms with van der Waals surface area (Å²) in [5.41, 5.74) is 1.03. The van der Waals surface area contributed by atoms with Gasteiger partial charge in [-0.05, 0) is 37.5 Å². The normalized spacial score (nSPS) is 16.2. The zero-order chi connectivity index (χ0) is 15.9. The lowest BCUT2D eigenvalue weighted by atomic mass is 10.1. The van der Waals surface area contributed by atoms with Gasteiger partial charge >= 0.3 is 0 Å². The summed E-state index contributed by atoms with van der Waals surface area (Å²) in [6.45, 7) is 3.20. The number of piperazine rings is 1. The van der Waals surface area contributed by atoms with Crippen molar-refractivity contribution in [3.05, 3.63) is 38.9 Å². The van der Waals surface area contributed by atoms with Gasteiger partial charge in [-0.25, -0.2) is 0 Å². The molecule has 0 atom stereocenters. The van der Waals surface area contributed by atoms with Crippen LogP contribution in [0.2, 0.25) is 0 Å². The highest BCUT2D eigenvalue weighted by molar-refractivity contribution is 7.71. The summed E-state index contributed by atoms with van der Waals surface area (Å²) in [6, 6.07) is 5.11. The second kappa shape index (κ2) is 5.66. The van der Waals surface area contributed by atoms with Crippen LogP contribution in [0.25, 0.3) is 10.9 Å². The first kappa shape index (κ1) is 14.9. The predicted octanol–water partition coefficient (Wildman–Crippen LogP) is 0.984. The van der Waals surface area contributed by atoms with Crippen molar-refractivity contribution in [2.75, 3.05) is 33.2 Å². The number of fused-ring (bicyclic) bond motifs is 1. The van der Waals surface area contributed by atoms with E-state index in [0.29, 0.717) is 21.2 Å². The fraction of sp³-hybridized carbons (Fsp3) is 0.400. The molecule has 0 aliphatic carbocycles. The van der Waals surface area contributed by atoms with Crippen LogP contribution in [0.4, 0.5) is 0 Å². The van der Waals surface area contributed by atoms with Crippen LogP contribution in [0.15, 0.2) is 23.0 Å². The molecule has 116 valence electrons. The summed E-state index contributed by atoms with van der Waals surface area (Å²) in [6.07, 6.45) is 0. The van der Waals surface area contributed by atoms with Crippen molar-refractivity contribution in [1.29, 1.82) is 0 Å². The second-order valence-electron chi connectivity index (χ2n) is 5.65. The summed E-state index contributed by atoms with van der Waals surface area (Å²) < 4.78 is 1.74. The van der Waals surface area contributed by atoms with E-state index in [-0.39, 0.29) is 11.5 Å². The molecule has 6 nitrogen and oxygen atoms in total. The number of H-pyrrole nitrogens is 1. The van der Waals surface area contributed by atoms with Crippen LogP contribution < -0.4 is 5.56 Å². The van der Waals surface area contributed by atoms with E-state index < -0.39 is 0 Å². The number of benzene rings is 1. The fourth-order valence-electron chi connectivity index (χ4n) is 2.63. The van der Waals surface area contributed by atoms with E-state index in [1.165, 1.54) is 4.57 Å². The number of carbonyl (C=O) groups is 1. The molecule has 1 aromatic heterocycles. The Kier molecular flexibility index (Phi) is 3.84. The quantitative estimate of drug-likeness (QED) is 0.797. The summed E-state index contributed by atoms with van der Waals surface area (Å²) in [7, 11) is 3.68. The molecule has 1 aliphatic heterocycles. The fourth-order valence-corrected chi connectivity index (χ4v) is 2.82. The zero-order valence-corrected chi connectivity index (χ0v) is 13.4. The molecular weight excluding hydrogens is 300 g/mol. The van der Waals surface area contributed by atoms with E-state index >= 15 is 0 Å². The Morgan fingerprint density at radius 2 is 1.86 bits per heavy atom. The van der Waals surface area contributed by atoms with E-state index in [9.17, 15) is 9.59 Å². The number of aromatic amines is 1. The summed E-state index contributed by atoms with van der Waals surface area (Å²) >= 11 is 5.12. The van der Waals surface area contributed by atoms with Crippen molar-refractivity contribution < 1.29 is 4.79 Å². The standard InChI is InChI=1S/C15H18N4O2S/c1-17-5-7-19(8-6-17)13(20)10-3-4-11-12(9-10)16-15(22)18(2)14(11)21/h3-4,9H,5-8H2,1-2H3,(H,16,22). The lowest BCUT2D eigenvalue weighted by Gasteiger charge is -2.32. The van der Waals surface area contributed by atoms with Crippen LogP contribution in [0.3, 0.4) is 0 Å². The van der Waals surface area contributed by atoms with Gasteiger partial charge in [-0.2, -0.15) is 0 Å². The Morgan fingerprint density at radius 3 is 2.55 bits per heavy atom. The highest BCUT2D eigenvalue weighted by atomic mass is 32.1. The minimum absolute atomic E-state index is 0.00463. The van der Waals surface area contributed by atoms with E-state index in [2.05, 4.69) is 9.88 Å². The summed E-state index contributed by atoms with van der Waals surface area (Å²) in [5.74, 6) is -0.00463. The lowest BCUT2D eigenvalue weighted by Crippen LogP contribution is -2.47. The van der Waals surface area contributed by atoms with Crippen LogP contribution in [-0.4, -0.2) is 58.5 Å². The van der Waals surface area contributed by atoms with Crippen molar-refractivity contribution >= 4 is 29.0 Å². The Balaban J connectivity index is 1.98. The summed E-state index contributed by atoms with van der Waals surface area (Å²) in [5, 5.41) is 0.533. The predicted molar refractivity (Wildman–Crippen MR) is 87.8 cm³/mol. The minimum Gasteiger partial charge on any atom is -0.336 e. The van der Waals surface area contributed by atoms with Crippen LogP contribution in [0, 0.1) is 4.77 Å². The number of hydrogen-bond donors (Lipinski definition) is 1. The molecule has 0 spiro atoms. The number of amides is 1. The number of nitrogens with one attached hydrogen (secondary N) is 1.